The molecule has 2 heteroatoms. The van der Waals surface area contributed by atoms with Crippen molar-refractivity contribution in [2.75, 3.05) is 13.2 Å². The van der Waals surface area contributed by atoms with Gasteiger partial charge in [-0.15, -0.1) is 0 Å². The summed E-state index contributed by atoms with van der Waals surface area (Å²) < 4.78 is 5.41. The van der Waals surface area contributed by atoms with Crippen molar-refractivity contribution in [3.8, 4) is 0 Å². The number of ether oxygens (including phenoxy) is 1. The fraction of sp³-hybridized carbons (Fsp3) is 1.00. The van der Waals surface area contributed by atoms with Crippen molar-refractivity contribution in [1.29, 1.82) is 0 Å². The van der Waals surface area contributed by atoms with E-state index in [9.17, 15) is 0 Å². The Bertz CT molecular complexity index is 138. The Kier molecular flexibility index (Phi) is 2.14. The molecule has 1 aliphatic carbocycles. The van der Waals surface area contributed by atoms with Gasteiger partial charge < -0.3 is 10.1 Å². The Hall–Kier alpha value is -0.0800. The second kappa shape index (κ2) is 3.11. The monoisotopic (exact) mass is 155 g/mol. The molecular formula is C9H17NO. The Morgan fingerprint density at radius 2 is 2.36 bits per heavy atom. The molecule has 0 aromatic rings. The summed E-state index contributed by atoms with van der Waals surface area (Å²) in [5.41, 5.74) is 0. The summed E-state index contributed by atoms with van der Waals surface area (Å²) in [6.07, 6.45) is 4.22. The van der Waals surface area contributed by atoms with Crippen LogP contribution in [0.25, 0.3) is 0 Å². The van der Waals surface area contributed by atoms with Crippen LogP contribution in [0.3, 0.4) is 0 Å². The van der Waals surface area contributed by atoms with Crippen molar-refractivity contribution in [1.82, 2.24) is 5.32 Å². The van der Waals surface area contributed by atoms with E-state index in [0.29, 0.717) is 6.04 Å². The normalized spacial score (nSPS) is 41.7. The lowest BCUT2D eigenvalue weighted by Crippen LogP contribution is -2.38. The average Bonchev–Trinajstić information content (AvgIpc) is 2.60. The molecule has 11 heavy (non-hydrogen) atoms. The van der Waals surface area contributed by atoms with Crippen LogP contribution >= 0.6 is 0 Å². The maximum absolute atomic E-state index is 5.41. The van der Waals surface area contributed by atoms with Gasteiger partial charge in [0.05, 0.1) is 6.61 Å². The maximum atomic E-state index is 5.41. The van der Waals surface area contributed by atoms with Crippen LogP contribution in [-0.2, 0) is 4.74 Å². The van der Waals surface area contributed by atoms with Gasteiger partial charge in [-0.3, -0.25) is 0 Å². The van der Waals surface area contributed by atoms with Crippen LogP contribution in [0.15, 0.2) is 0 Å². The molecule has 0 spiro atoms. The van der Waals surface area contributed by atoms with Crippen LogP contribution < -0.4 is 5.32 Å². The van der Waals surface area contributed by atoms with Crippen LogP contribution in [0, 0.1) is 5.92 Å². The summed E-state index contributed by atoms with van der Waals surface area (Å²) in [5, 5.41) is 3.60. The molecule has 1 heterocycles. The average molecular weight is 155 g/mol. The predicted octanol–water partition coefficient (Wildman–Crippen LogP) is 1.16. The van der Waals surface area contributed by atoms with Gasteiger partial charge in [-0.25, -0.2) is 0 Å². The van der Waals surface area contributed by atoms with E-state index in [-0.39, 0.29) is 0 Å². The number of hydrogen-bond acceptors (Lipinski definition) is 2. The molecule has 1 N–H and O–H groups in total. The lowest BCUT2D eigenvalue weighted by atomic mass is 10.0. The highest BCUT2D eigenvalue weighted by Gasteiger charge is 2.38. The first-order chi connectivity index (χ1) is 5.40. The minimum Gasteiger partial charge on any atom is -0.380 e. The third kappa shape index (κ3) is 1.42. The Morgan fingerprint density at radius 1 is 1.45 bits per heavy atom. The predicted molar refractivity (Wildman–Crippen MR) is 44.5 cm³/mol. The summed E-state index contributed by atoms with van der Waals surface area (Å²) in [6.45, 7) is 3.85. The standard InChI is InChI=1S/C9H17NO/c1-2-11-6-9-7-3-4-8(5-7)10-9/h7-10H,2-6H2,1H3. The first-order valence-electron chi connectivity index (χ1n) is 4.74. The fourth-order valence-electron chi connectivity index (χ4n) is 2.40. The van der Waals surface area contributed by atoms with Crippen molar-refractivity contribution < 1.29 is 4.74 Å². The van der Waals surface area contributed by atoms with Gasteiger partial charge in [-0.05, 0) is 32.1 Å². The van der Waals surface area contributed by atoms with Gasteiger partial charge in [-0.2, -0.15) is 0 Å². The molecule has 0 radical (unpaired) electrons. The molecule has 2 fully saturated rings. The van der Waals surface area contributed by atoms with Gasteiger partial charge in [0.2, 0.25) is 0 Å². The molecule has 1 saturated heterocycles. The van der Waals surface area contributed by atoms with Crippen molar-refractivity contribution in [3.05, 3.63) is 0 Å². The number of nitrogens with one attached hydrogen (secondary N) is 1. The SMILES string of the molecule is CCOCC1NC2CCC1C2. The zero-order valence-electron chi connectivity index (χ0n) is 7.18. The molecular weight excluding hydrogens is 138 g/mol. The molecule has 2 bridgehead atoms. The van der Waals surface area contributed by atoms with Gasteiger partial charge in [0.25, 0.3) is 0 Å². The van der Waals surface area contributed by atoms with Gasteiger partial charge in [-0.1, -0.05) is 0 Å². The molecule has 2 nitrogen and oxygen atoms in total. The minimum atomic E-state index is 0.675. The first-order valence-corrected chi connectivity index (χ1v) is 4.74. The molecule has 64 valence electrons. The Balaban J connectivity index is 1.78. The summed E-state index contributed by atoms with van der Waals surface area (Å²) in [7, 11) is 0. The maximum Gasteiger partial charge on any atom is 0.0622 e. The largest absolute Gasteiger partial charge is 0.380 e. The second-order valence-corrected chi connectivity index (χ2v) is 3.70. The zero-order chi connectivity index (χ0) is 7.68. The van der Waals surface area contributed by atoms with E-state index in [1.165, 1.54) is 19.3 Å². The topological polar surface area (TPSA) is 21.3 Å². The van der Waals surface area contributed by atoms with E-state index >= 15 is 0 Å². The van der Waals surface area contributed by atoms with E-state index in [4.69, 9.17) is 4.74 Å². The molecule has 1 saturated carbocycles. The number of hydrogen-bond donors (Lipinski definition) is 1. The summed E-state index contributed by atoms with van der Waals surface area (Å²) in [6, 6.07) is 1.50. The van der Waals surface area contributed by atoms with E-state index in [2.05, 4.69) is 12.2 Å². The lowest BCUT2D eigenvalue weighted by molar-refractivity contribution is 0.109. The Morgan fingerprint density at radius 3 is 2.91 bits per heavy atom. The molecule has 1 aliphatic heterocycles. The van der Waals surface area contributed by atoms with Gasteiger partial charge >= 0.3 is 0 Å². The van der Waals surface area contributed by atoms with Gasteiger partial charge in [0, 0.05) is 18.7 Å². The third-order valence-corrected chi connectivity index (χ3v) is 2.99. The van der Waals surface area contributed by atoms with E-state index in [1.54, 1.807) is 0 Å². The number of piperidine rings is 1. The van der Waals surface area contributed by atoms with Crippen LogP contribution in [0.5, 0.6) is 0 Å². The second-order valence-electron chi connectivity index (χ2n) is 3.70. The Labute approximate surface area is 68.3 Å². The first kappa shape index (κ1) is 7.56. The fourth-order valence-corrected chi connectivity index (χ4v) is 2.40. The molecule has 0 aromatic heterocycles. The minimum absolute atomic E-state index is 0.675. The van der Waals surface area contributed by atoms with Gasteiger partial charge in [0.1, 0.15) is 0 Å². The molecule has 0 amide bonds. The smallest absolute Gasteiger partial charge is 0.0622 e. The number of fused-ring (bicyclic) bond motifs is 2. The number of rotatable bonds is 3. The molecule has 2 rings (SSSR count). The summed E-state index contributed by atoms with van der Waals surface area (Å²) in [4.78, 5) is 0. The summed E-state index contributed by atoms with van der Waals surface area (Å²) in [5.74, 6) is 0.923. The van der Waals surface area contributed by atoms with Crippen LogP contribution in [0.4, 0.5) is 0 Å². The van der Waals surface area contributed by atoms with E-state index in [0.717, 1.165) is 25.2 Å². The van der Waals surface area contributed by atoms with Crippen molar-refractivity contribution in [2.24, 2.45) is 5.92 Å². The van der Waals surface area contributed by atoms with Crippen LogP contribution in [0.2, 0.25) is 0 Å². The zero-order valence-corrected chi connectivity index (χ0v) is 7.18. The van der Waals surface area contributed by atoms with E-state index in [1.807, 2.05) is 0 Å². The van der Waals surface area contributed by atoms with Crippen LogP contribution in [0.1, 0.15) is 26.2 Å². The van der Waals surface area contributed by atoms with Crippen molar-refractivity contribution in [2.45, 2.75) is 38.3 Å². The van der Waals surface area contributed by atoms with Crippen molar-refractivity contribution >= 4 is 0 Å². The molecule has 3 atom stereocenters. The highest BCUT2D eigenvalue weighted by atomic mass is 16.5. The lowest BCUT2D eigenvalue weighted by Gasteiger charge is -2.22. The quantitative estimate of drug-likeness (QED) is 0.660. The van der Waals surface area contributed by atoms with Crippen molar-refractivity contribution in [3.63, 3.8) is 0 Å². The molecule has 2 aliphatic rings. The van der Waals surface area contributed by atoms with E-state index < -0.39 is 0 Å². The highest BCUT2D eigenvalue weighted by Crippen LogP contribution is 2.35. The third-order valence-electron chi connectivity index (χ3n) is 2.99. The molecule has 0 aromatic carbocycles. The van der Waals surface area contributed by atoms with Gasteiger partial charge in [0.15, 0.2) is 0 Å². The highest BCUT2D eigenvalue weighted by molar-refractivity contribution is 4.96. The summed E-state index contributed by atoms with van der Waals surface area (Å²) >= 11 is 0. The molecule has 3 unspecified atom stereocenters. The van der Waals surface area contributed by atoms with Crippen LogP contribution in [-0.4, -0.2) is 25.3 Å².